The maximum Gasteiger partial charge on any atom is 0.352 e. The minimum absolute atomic E-state index is 0.0157. The highest BCUT2D eigenvalue weighted by Gasteiger charge is 2.12. The van der Waals surface area contributed by atoms with E-state index in [9.17, 15) is 28.8 Å². The fourth-order valence-corrected chi connectivity index (χ4v) is 9.50. The second-order valence-electron chi connectivity index (χ2n) is 20.4. The highest BCUT2D eigenvalue weighted by atomic mass is 16.2. The first-order valence-corrected chi connectivity index (χ1v) is 26.5. The summed E-state index contributed by atoms with van der Waals surface area (Å²) in [4.78, 5) is 98.2. The molecule has 0 amide bonds. The highest BCUT2D eigenvalue weighted by Crippen LogP contribution is 2.19. The van der Waals surface area contributed by atoms with Gasteiger partial charge in [0.05, 0.1) is 34.1 Å². The third-order valence-electron chi connectivity index (χ3n) is 14.0. The monoisotopic (exact) mass is 1120 g/mol. The molecule has 21 heteroatoms. The van der Waals surface area contributed by atoms with E-state index in [0.29, 0.717) is 28.3 Å². The van der Waals surface area contributed by atoms with Gasteiger partial charge in [-0.25, -0.2) is 34.1 Å². The Morgan fingerprint density at radius 3 is 1.66 bits per heavy atom. The molecule has 12 heterocycles. The Balaban J connectivity index is 0.000000143. The standard InChI is InChI=1S/2C12H14N2O.2C10H11N3O.C10H10N2O.C8H7N3O/c1-7-5-9(3)14-11(10(7)4)8(2)6-13-12(14)15;1-7-5-8(2)12-9(3)13-6-11(15)14(12)10(7)4;1-6-5-11-8(3)13-9(14)4-7(2)12-10(6)13;1-6-4-12-9-8(3)11-5-7(2)13(9)10(6)14;1-7-3-4-9(13)12-10(7)8(2)5-6-11-12;1-6-2-5-10-11-7(12)3-4-9-8(6)11/h2*5-6H,1-4H3;2*4-5H,1-3H3;3-6H,1-2H3;2-5H,1H3. The lowest BCUT2D eigenvalue weighted by Gasteiger charge is -2.12. The van der Waals surface area contributed by atoms with E-state index >= 15 is 0 Å². The maximum atomic E-state index is 11.8. The van der Waals surface area contributed by atoms with Crippen LogP contribution in [0.2, 0.25) is 0 Å². The third kappa shape index (κ3) is 12.8. The minimum Gasteiger partial charge on any atom is -0.278 e. The van der Waals surface area contributed by atoms with Crippen molar-refractivity contribution in [3.63, 3.8) is 0 Å². The molecule has 12 rings (SSSR count). The van der Waals surface area contributed by atoms with Crippen LogP contribution in [0.15, 0.2) is 127 Å². The smallest absolute Gasteiger partial charge is 0.278 e. The van der Waals surface area contributed by atoms with Crippen molar-refractivity contribution in [2.75, 3.05) is 0 Å². The third-order valence-corrected chi connectivity index (χ3v) is 14.0. The Morgan fingerprint density at radius 1 is 0.349 bits per heavy atom. The molecule has 0 aromatic carbocycles. The number of fused-ring (bicyclic) bond motifs is 6. The normalized spacial score (nSPS) is 10.8. The van der Waals surface area contributed by atoms with Gasteiger partial charge in [-0.2, -0.15) is 19.2 Å². The number of hydrogen-bond donors (Lipinski definition) is 0. The molecule has 0 saturated carbocycles. The zero-order chi connectivity index (χ0) is 60.9. The summed E-state index contributed by atoms with van der Waals surface area (Å²) in [6, 6.07) is 14.1. The van der Waals surface area contributed by atoms with Crippen molar-refractivity contribution in [3.05, 3.63) is 256 Å². The molecule has 0 bridgehead atoms. The topological polar surface area (TPSA) is 245 Å². The molecular weight excluding hydrogens is 1050 g/mol. The average Bonchev–Trinajstić information content (AvgIpc) is 3.65. The first kappa shape index (κ1) is 60.6. The zero-order valence-corrected chi connectivity index (χ0v) is 49.9. The van der Waals surface area contributed by atoms with Crippen LogP contribution >= 0.6 is 0 Å². The average molecular weight is 1120 g/mol. The van der Waals surface area contributed by atoms with Crippen molar-refractivity contribution < 1.29 is 0 Å². The summed E-state index contributed by atoms with van der Waals surface area (Å²) in [7, 11) is 0. The molecule has 0 fully saturated rings. The van der Waals surface area contributed by atoms with Crippen molar-refractivity contribution in [2.24, 2.45) is 0 Å². The molecule has 0 aliphatic heterocycles. The minimum atomic E-state index is -0.198. The van der Waals surface area contributed by atoms with E-state index in [-0.39, 0.29) is 33.5 Å². The molecule has 12 aromatic heterocycles. The molecule has 0 unspecified atom stereocenters. The molecule has 0 saturated heterocycles. The first-order valence-electron chi connectivity index (χ1n) is 26.5. The van der Waals surface area contributed by atoms with Gasteiger partial charge in [0.1, 0.15) is 11.5 Å². The van der Waals surface area contributed by atoms with E-state index in [1.165, 1.54) is 49.6 Å². The Morgan fingerprint density at radius 2 is 0.976 bits per heavy atom. The lowest BCUT2D eigenvalue weighted by Crippen LogP contribution is -2.20. The first-order chi connectivity index (χ1) is 39.2. The molecule has 12 aromatic rings. The van der Waals surface area contributed by atoms with Crippen LogP contribution in [0, 0.1) is 118 Å². The predicted molar refractivity (Wildman–Crippen MR) is 323 cm³/mol. The molecule has 0 radical (unpaired) electrons. The lowest BCUT2D eigenvalue weighted by atomic mass is 10.1. The van der Waals surface area contributed by atoms with Gasteiger partial charge in [0, 0.05) is 95.5 Å². The van der Waals surface area contributed by atoms with Gasteiger partial charge in [0.25, 0.3) is 27.8 Å². The molecule has 21 nitrogen and oxygen atoms in total. The van der Waals surface area contributed by atoms with Crippen LogP contribution in [0.4, 0.5) is 0 Å². The Labute approximate surface area is 477 Å². The van der Waals surface area contributed by atoms with Crippen molar-refractivity contribution in [3.8, 4) is 0 Å². The van der Waals surface area contributed by atoms with E-state index in [2.05, 4.69) is 58.1 Å². The van der Waals surface area contributed by atoms with Crippen LogP contribution in [0.5, 0.6) is 0 Å². The maximum absolute atomic E-state index is 11.8. The molecule has 0 N–H and O–H groups in total. The Kier molecular flexibility index (Phi) is 18.4. The van der Waals surface area contributed by atoms with Gasteiger partial charge in [-0.15, -0.1) is 0 Å². The molecule has 426 valence electrons. The molecule has 0 aliphatic carbocycles. The van der Waals surface area contributed by atoms with Gasteiger partial charge in [0.15, 0.2) is 11.3 Å². The highest BCUT2D eigenvalue weighted by molar-refractivity contribution is 5.63. The Bertz CT molecular complexity index is 4870. The molecule has 83 heavy (non-hydrogen) atoms. The number of rotatable bonds is 0. The van der Waals surface area contributed by atoms with E-state index < -0.39 is 0 Å². The van der Waals surface area contributed by atoms with E-state index in [0.717, 1.165) is 95.2 Å². The van der Waals surface area contributed by atoms with Gasteiger partial charge < -0.3 is 0 Å². The van der Waals surface area contributed by atoms with Crippen molar-refractivity contribution in [2.45, 2.75) is 118 Å². The van der Waals surface area contributed by atoms with Crippen LogP contribution in [0.25, 0.3) is 33.5 Å². The molecule has 0 spiro atoms. The summed E-state index contributed by atoms with van der Waals surface area (Å²) < 4.78 is 9.27. The van der Waals surface area contributed by atoms with Crippen LogP contribution in [0.1, 0.15) is 95.6 Å². The number of nitrogens with zero attached hydrogens (tertiary/aromatic N) is 15. The lowest BCUT2D eigenvalue weighted by molar-refractivity contribution is 0.859. The zero-order valence-electron chi connectivity index (χ0n) is 49.9. The quantitative estimate of drug-likeness (QED) is 0.142. The van der Waals surface area contributed by atoms with Crippen LogP contribution < -0.4 is 33.5 Å². The molecule has 0 atom stereocenters. The van der Waals surface area contributed by atoms with Gasteiger partial charge in [-0.1, -0.05) is 12.1 Å². The predicted octanol–water partition coefficient (Wildman–Crippen LogP) is 7.60. The fourth-order valence-electron chi connectivity index (χ4n) is 9.50. The number of hydrogen-bond acceptors (Lipinski definition) is 15. The van der Waals surface area contributed by atoms with E-state index in [1.807, 2.05) is 121 Å². The summed E-state index contributed by atoms with van der Waals surface area (Å²) in [5.41, 5.74) is 19.7. The van der Waals surface area contributed by atoms with Crippen LogP contribution in [-0.4, -0.2) is 71.7 Å². The summed E-state index contributed by atoms with van der Waals surface area (Å²) in [5, 5.41) is 7.89. The second kappa shape index (κ2) is 25.2. The van der Waals surface area contributed by atoms with Crippen molar-refractivity contribution in [1.29, 1.82) is 0 Å². The van der Waals surface area contributed by atoms with Gasteiger partial charge >= 0.3 is 5.69 Å². The van der Waals surface area contributed by atoms with Gasteiger partial charge in [-0.3, -0.25) is 47.1 Å². The number of pyridine rings is 3. The fraction of sp³-hybridized carbons (Fsp3) is 0.274. The summed E-state index contributed by atoms with van der Waals surface area (Å²) in [6.45, 7) is 32.7. The second-order valence-corrected chi connectivity index (χ2v) is 20.4. The van der Waals surface area contributed by atoms with Gasteiger partial charge in [0.2, 0.25) is 0 Å². The molecule has 0 aliphatic rings. The van der Waals surface area contributed by atoms with Gasteiger partial charge in [-0.05, 0) is 180 Å². The van der Waals surface area contributed by atoms with Crippen LogP contribution in [-0.2, 0) is 0 Å². The SMILES string of the molecule is Cc1cc(=O)n2c(C)ncc(C)c2n1.Cc1cc(C)c2c(C)ncc(=O)n2c1C.Cc1cc(C)n2c(=O)ncc(C)c2c1C.Cc1ccnn2c(=O)ccc(C)c12.Cc1ccnn2c(=O)ccnc12.Cc1cnc2c(C)ncc(C)n2c1=O. The van der Waals surface area contributed by atoms with Crippen molar-refractivity contribution in [1.82, 2.24) is 71.7 Å². The van der Waals surface area contributed by atoms with Crippen molar-refractivity contribution >= 4 is 33.5 Å². The number of aromatic nitrogens is 15. The summed E-state index contributed by atoms with van der Waals surface area (Å²) in [5.74, 6) is 0.670. The summed E-state index contributed by atoms with van der Waals surface area (Å²) >= 11 is 0. The summed E-state index contributed by atoms with van der Waals surface area (Å²) in [6.07, 6.45) is 12.8. The van der Waals surface area contributed by atoms with E-state index in [4.69, 9.17) is 0 Å². The molecular formula is C62H67N15O6. The Hall–Kier alpha value is -10.1. The number of aryl methyl sites for hydroxylation is 17. The van der Waals surface area contributed by atoms with E-state index in [1.54, 1.807) is 64.2 Å². The largest absolute Gasteiger partial charge is 0.352 e. The van der Waals surface area contributed by atoms with Crippen LogP contribution in [0.3, 0.4) is 0 Å².